The SMILES string of the molecule is Cc1nc(CN(C)C(=O)c2ccccc2NN)cs1. The van der Waals surface area contributed by atoms with Crippen LogP contribution in [0.4, 0.5) is 5.69 Å². The van der Waals surface area contributed by atoms with Gasteiger partial charge in [0.05, 0.1) is 28.5 Å². The molecule has 19 heavy (non-hydrogen) atoms. The molecule has 0 bridgehead atoms. The van der Waals surface area contributed by atoms with Crippen LogP contribution < -0.4 is 11.3 Å². The number of carbonyl (C=O) groups is 1. The van der Waals surface area contributed by atoms with Crippen molar-refractivity contribution in [3.63, 3.8) is 0 Å². The molecule has 5 nitrogen and oxygen atoms in total. The Morgan fingerprint density at radius 1 is 1.47 bits per heavy atom. The van der Waals surface area contributed by atoms with Crippen LogP contribution in [0.5, 0.6) is 0 Å². The van der Waals surface area contributed by atoms with Crippen LogP contribution in [-0.4, -0.2) is 22.8 Å². The summed E-state index contributed by atoms with van der Waals surface area (Å²) in [5.74, 6) is 5.33. The number of aryl methyl sites for hydroxylation is 1. The maximum Gasteiger partial charge on any atom is 0.256 e. The van der Waals surface area contributed by atoms with E-state index < -0.39 is 0 Å². The molecule has 1 aromatic carbocycles. The molecule has 0 radical (unpaired) electrons. The number of nitrogen functional groups attached to an aromatic ring is 1. The van der Waals surface area contributed by atoms with E-state index in [-0.39, 0.29) is 5.91 Å². The maximum absolute atomic E-state index is 12.3. The third-order valence-electron chi connectivity index (χ3n) is 2.73. The Morgan fingerprint density at radius 2 is 2.21 bits per heavy atom. The molecule has 0 atom stereocenters. The average Bonchev–Trinajstić information content (AvgIpc) is 2.83. The molecule has 0 aliphatic rings. The highest BCUT2D eigenvalue weighted by molar-refractivity contribution is 7.09. The zero-order chi connectivity index (χ0) is 13.8. The molecule has 0 fully saturated rings. The first-order valence-corrected chi connectivity index (χ1v) is 6.72. The molecule has 2 rings (SSSR count). The minimum Gasteiger partial charge on any atom is -0.336 e. The van der Waals surface area contributed by atoms with Gasteiger partial charge in [0, 0.05) is 12.4 Å². The van der Waals surface area contributed by atoms with E-state index >= 15 is 0 Å². The van der Waals surface area contributed by atoms with E-state index in [1.807, 2.05) is 24.4 Å². The van der Waals surface area contributed by atoms with Gasteiger partial charge in [0.15, 0.2) is 0 Å². The molecular formula is C13H16N4OS. The van der Waals surface area contributed by atoms with Crippen molar-refractivity contribution >= 4 is 22.9 Å². The fraction of sp³-hybridized carbons (Fsp3) is 0.231. The van der Waals surface area contributed by atoms with Crippen LogP contribution in [0.3, 0.4) is 0 Å². The van der Waals surface area contributed by atoms with Crippen molar-refractivity contribution in [2.24, 2.45) is 5.84 Å². The highest BCUT2D eigenvalue weighted by atomic mass is 32.1. The second-order valence-electron chi connectivity index (χ2n) is 4.21. The highest BCUT2D eigenvalue weighted by Gasteiger charge is 2.16. The number of rotatable bonds is 4. The first kappa shape index (κ1) is 13.5. The minimum absolute atomic E-state index is 0.0841. The Morgan fingerprint density at radius 3 is 2.84 bits per heavy atom. The summed E-state index contributed by atoms with van der Waals surface area (Å²) in [5.41, 5.74) is 4.61. The number of nitrogens with two attached hydrogens (primary N) is 1. The Bertz CT molecular complexity index is 582. The van der Waals surface area contributed by atoms with E-state index in [1.165, 1.54) is 0 Å². The number of aromatic nitrogens is 1. The van der Waals surface area contributed by atoms with Gasteiger partial charge in [0.2, 0.25) is 0 Å². The first-order chi connectivity index (χ1) is 9.11. The van der Waals surface area contributed by atoms with Crippen LogP contribution in [0.25, 0.3) is 0 Å². The van der Waals surface area contributed by atoms with Gasteiger partial charge < -0.3 is 10.3 Å². The van der Waals surface area contributed by atoms with Crippen LogP contribution >= 0.6 is 11.3 Å². The molecule has 1 amide bonds. The third kappa shape index (κ3) is 3.10. The molecule has 1 heterocycles. The van der Waals surface area contributed by atoms with Gasteiger partial charge in [0.25, 0.3) is 5.91 Å². The Kier molecular flexibility index (Phi) is 4.13. The van der Waals surface area contributed by atoms with Crippen molar-refractivity contribution in [3.05, 3.63) is 45.9 Å². The lowest BCUT2D eigenvalue weighted by atomic mass is 10.1. The van der Waals surface area contributed by atoms with E-state index in [4.69, 9.17) is 5.84 Å². The number of carbonyl (C=O) groups excluding carboxylic acids is 1. The summed E-state index contributed by atoms with van der Waals surface area (Å²) in [6.45, 7) is 2.44. The van der Waals surface area contributed by atoms with E-state index in [9.17, 15) is 4.79 Å². The van der Waals surface area contributed by atoms with Crippen LogP contribution in [0.1, 0.15) is 21.1 Å². The number of amides is 1. The lowest BCUT2D eigenvalue weighted by molar-refractivity contribution is 0.0784. The fourth-order valence-corrected chi connectivity index (χ4v) is 2.40. The molecule has 0 unspecified atom stereocenters. The first-order valence-electron chi connectivity index (χ1n) is 5.84. The van der Waals surface area contributed by atoms with Gasteiger partial charge in [-0.25, -0.2) is 4.98 Å². The van der Waals surface area contributed by atoms with Crippen LogP contribution in [-0.2, 0) is 6.54 Å². The zero-order valence-corrected chi connectivity index (χ0v) is 11.7. The van der Waals surface area contributed by atoms with E-state index in [1.54, 1.807) is 35.4 Å². The zero-order valence-electron chi connectivity index (χ0n) is 10.9. The van der Waals surface area contributed by atoms with E-state index in [2.05, 4.69) is 10.4 Å². The van der Waals surface area contributed by atoms with Crippen LogP contribution in [0.15, 0.2) is 29.6 Å². The quantitative estimate of drug-likeness (QED) is 0.662. The Hall–Kier alpha value is -1.92. The van der Waals surface area contributed by atoms with Gasteiger partial charge in [-0.3, -0.25) is 10.6 Å². The van der Waals surface area contributed by atoms with Gasteiger partial charge in [-0.05, 0) is 19.1 Å². The predicted molar refractivity (Wildman–Crippen MR) is 76.9 cm³/mol. The van der Waals surface area contributed by atoms with Crippen molar-refractivity contribution in [1.82, 2.24) is 9.88 Å². The molecule has 3 N–H and O–H groups in total. The number of para-hydroxylation sites is 1. The normalized spacial score (nSPS) is 10.3. The average molecular weight is 276 g/mol. The third-order valence-corrected chi connectivity index (χ3v) is 3.55. The summed E-state index contributed by atoms with van der Waals surface area (Å²) in [7, 11) is 1.75. The predicted octanol–water partition coefficient (Wildman–Crippen LogP) is 2.01. The smallest absolute Gasteiger partial charge is 0.256 e. The van der Waals surface area contributed by atoms with Crippen molar-refractivity contribution in [1.29, 1.82) is 0 Å². The molecule has 0 spiro atoms. The molecule has 0 saturated carbocycles. The van der Waals surface area contributed by atoms with Gasteiger partial charge >= 0.3 is 0 Å². The molecule has 1 aromatic heterocycles. The number of nitrogens with one attached hydrogen (secondary N) is 1. The number of hydrazine groups is 1. The van der Waals surface area contributed by atoms with Gasteiger partial charge in [-0.2, -0.15) is 0 Å². The van der Waals surface area contributed by atoms with Gasteiger partial charge in [-0.1, -0.05) is 12.1 Å². The largest absolute Gasteiger partial charge is 0.336 e. The van der Waals surface area contributed by atoms with Crippen molar-refractivity contribution < 1.29 is 4.79 Å². The fourth-order valence-electron chi connectivity index (χ4n) is 1.80. The van der Waals surface area contributed by atoms with Crippen molar-refractivity contribution in [3.8, 4) is 0 Å². The van der Waals surface area contributed by atoms with E-state index in [0.717, 1.165) is 10.7 Å². The summed E-state index contributed by atoms with van der Waals surface area (Å²) >= 11 is 1.58. The van der Waals surface area contributed by atoms with Crippen LogP contribution in [0, 0.1) is 6.92 Å². The summed E-state index contributed by atoms with van der Waals surface area (Å²) in [5, 5.41) is 2.96. The molecule has 6 heteroatoms. The minimum atomic E-state index is -0.0841. The molecule has 2 aromatic rings. The topological polar surface area (TPSA) is 71.2 Å². The Balaban J connectivity index is 2.14. The number of hydrogen-bond acceptors (Lipinski definition) is 5. The number of thiazole rings is 1. The highest BCUT2D eigenvalue weighted by Crippen LogP contribution is 2.17. The molecule has 0 saturated heterocycles. The van der Waals surface area contributed by atoms with Gasteiger partial charge in [-0.15, -0.1) is 11.3 Å². The number of anilines is 1. The summed E-state index contributed by atoms with van der Waals surface area (Å²) in [6.07, 6.45) is 0. The summed E-state index contributed by atoms with van der Waals surface area (Å²) < 4.78 is 0. The van der Waals surface area contributed by atoms with Crippen molar-refractivity contribution in [2.75, 3.05) is 12.5 Å². The lowest BCUT2D eigenvalue weighted by Gasteiger charge is -2.17. The summed E-state index contributed by atoms with van der Waals surface area (Å²) in [6, 6.07) is 7.17. The molecule has 100 valence electrons. The monoisotopic (exact) mass is 276 g/mol. The standard InChI is InChI=1S/C13H16N4OS/c1-9-15-10(8-19-9)7-17(2)13(18)11-5-3-4-6-12(11)16-14/h3-6,8,16H,7,14H2,1-2H3. The molecular weight excluding hydrogens is 260 g/mol. The number of benzene rings is 1. The van der Waals surface area contributed by atoms with Crippen molar-refractivity contribution in [2.45, 2.75) is 13.5 Å². The second kappa shape index (κ2) is 5.81. The summed E-state index contributed by atoms with van der Waals surface area (Å²) in [4.78, 5) is 18.3. The number of hydrogen-bond donors (Lipinski definition) is 2. The Labute approximate surface area is 116 Å². The van der Waals surface area contributed by atoms with Gasteiger partial charge in [0.1, 0.15) is 0 Å². The maximum atomic E-state index is 12.3. The van der Waals surface area contributed by atoms with E-state index in [0.29, 0.717) is 17.8 Å². The second-order valence-corrected chi connectivity index (χ2v) is 5.27. The molecule has 0 aliphatic heterocycles. The number of nitrogens with zero attached hydrogens (tertiary/aromatic N) is 2. The lowest BCUT2D eigenvalue weighted by Crippen LogP contribution is -2.27. The van der Waals surface area contributed by atoms with Crippen LogP contribution in [0.2, 0.25) is 0 Å². The molecule has 0 aliphatic carbocycles.